The zero-order valence-corrected chi connectivity index (χ0v) is 18.6. The third-order valence-electron chi connectivity index (χ3n) is 4.99. The highest BCUT2D eigenvalue weighted by atomic mass is 35.5. The molecule has 1 aliphatic rings. The molecule has 0 bridgehead atoms. The molecule has 0 spiro atoms. The van der Waals surface area contributed by atoms with Gasteiger partial charge in [-0.05, 0) is 29.8 Å². The normalized spacial score (nSPS) is 15.5. The van der Waals surface area contributed by atoms with E-state index in [1.165, 1.54) is 4.90 Å². The molecule has 0 saturated carbocycles. The number of carbonyl (C=O) groups excluding carboxylic acids is 2. The minimum Gasteiger partial charge on any atom is -0.445 e. The lowest BCUT2D eigenvalue weighted by Gasteiger charge is -2.21. The zero-order chi connectivity index (χ0) is 22.7. The van der Waals surface area contributed by atoms with E-state index >= 15 is 0 Å². The molecule has 4 rings (SSSR count). The maximum Gasteiger partial charge on any atom is 0.409 e. The molecular formula is C24H19Cl2N3O3. The quantitative estimate of drug-likeness (QED) is 0.582. The fraction of sp³-hybridized carbons (Fsp3) is 0.125. The van der Waals surface area contributed by atoms with Crippen LogP contribution in [0.15, 0.2) is 77.8 Å². The van der Waals surface area contributed by atoms with Gasteiger partial charge in [-0.3, -0.25) is 10.1 Å². The fourth-order valence-corrected chi connectivity index (χ4v) is 3.78. The lowest BCUT2D eigenvalue weighted by molar-refractivity contribution is -0.120. The number of carbonyl (C=O) groups is 2. The number of benzodiazepines with no additional fused rings is 1. The van der Waals surface area contributed by atoms with Crippen LogP contribution in [0.2, 0.25) is 10.0 Å². The van der Waals surface area contributed by atoms with Crippen molar-refractivity contribution >= 4 is 46.6 Å². The third kappa shape index (κ3) is 4.61. The van der Waals surface area contributed by atoms with Gasteiger partial charge in [0, 0.05) is 28.2 Å². The Bertz CT molecular complexity index is 1200. The summed E-state index contributed by atoms with van der Waals surface area (Å²) in [5, 5.41) is 3.50. The van der Waals surface area contributed by atoms with Crippen LogP contribution in [0, 0.1) is 0 Å². The maximum atomic E-state index is 13.1. The smallest absolute Gasteiger partial charge is 0.409 e. The average Bonchev–Trinajstić information content (AvgIpc) is 2.89. The van der Waals surface area contributed by atoms with Gasteiger partial charge in [0.2, 0.25) is 6.17 Å². The van der Waals surface area contributed by atoms with Crippen LogP contribution < -0.4 is 10.2 Å². The van der Waals surface area contributed by atoms with E-state index in [1.807, 2.05) is 36.4 Å². The molecule has 0 aliphatic carbocycles. The van der Waals surface area contributed by atoms with Crippen molar-refractivity contribution in [2.45, 2.75) is 12.8 Å². The number of alkyl carbamates (subject to hydrolysis) is 1. The minimum absolute atomic E-state index is 0.0698. The Morgan fingerprint density at radius 3 is 2.50 bits per heavy atom. The first-order chi connectivity index (χ1) is 15.4. The molecule has 0 unspecified atom stereocenters. The van der Waals surface area contributed by atoms with E-state index in [-0.39, 0.29) is 6.61 Å². The Morgan fingerprint density at radius 1 is 1.03 bits per heavy atom. The number of hydrogen-bond acceptors (Lipinski definition) is 4. The van der Waals surface area contributed by atoms with E-state index in [0.717, 1.165) is 5.56 Å². The topological polar surface area (TPSA) is 71.0 Å². The summed E-state index contributed by atoms with van der Waals surface area (Å²) >= 11 is 12.7. The Labute approximate surface area is 195 Å². The first-order valence-electron chi connectivity index (χ1n) is 9.81. The second kappa shape index (κ2) is 9.42. The van der Waals surface area contributed by atoms with Gasteiger partial charge in [-0.2, -0.15) is 0 Å². The maximum absolute atomic E-state index is 13.1. The van der Waals surface area contributed by atoms with Crippen LogP contribution >= 0.6 is 23.2 Å². The number of rotatable bonds is 4. The molecule has 3 aromatic rings. The first kappa shape index (κ1) is 21.9. The Balaban J connectivity index is 1.69. The molecule has 1 aliphatic heterocycles. The van der Waals surface area contributed by atoms with Crippen molar-refractivity contribution in [3.05, 3.63) is 99.5 Å². The lowest BCUT2D eigenvalue weighted by atomic mass is 10.00. The monoisotopic (exact) mass is 467 g/mol. The highest BCUT2D eigenvalue weighted by Gasteiger charge is 2.32. The molecule has 0 saturated heterocycles. The van der Waals surface area contributed by atoms with Crippen LogP contribution in [-0.2, 0) is 16.1 Å². The molecule has 1 N–H and O–H groups in total. The third-order valence-corrected chi connectivity index (χ3v) is 5.56. The number of aliphatic imine (C=N–C) groups is 1. The van der Waals surface area contributed by atoms with Crippen molar-refractivity contribution in [2.24, 2.45) is 4.99 Å². The Kier molecular flexibility index (Phi) is 6.44. The SMILES string of the molecule is CN1C(=O)[C@@H](NC(=O)OCc2ccccc2)N=C(c2ccccc2Cl)c2cc(Cl)ccc21. The predicted octanol–water partition coefficient (Wildman–Crippen LogP) is 5.06. The van der Waals surface area contributed by atoms with E-state index in [0.29, 0.717) is 32.6 Å². The second-order valence-corrected chi connectivity index (χ2v) is 7.97. The van der Waals surface area contributed by atoms with E-state index < -0.39 is 18.2 Å². The first-order valence-corrected chi connectivity index (χ1v) is 10.6. The molecule has 6 nitrogen and oxygen atoms in total. The number of nitrogens with zero attached hydrogens (tertiary/aromatic N) is 2. The summed E-state index contributed by atoms with van der Waals surface area (Å²) in [7, 11) is 1.62. The molecule has 1 heterocycles. The van der Waals surface area contributed by atoms with Crippen molar-refractivity contribution < 1.29 is 14.3 Å². The van der Waals surface area contributed by atoms with E-state index in [1.54, 1.807) is 43.4 Å². The molecule has 2 amide bonds. The van der Waals surface area contributed by atoms with Crippen LogP contribution in [0.25, 0.3) is 0 Å². The van der Waals surface area contributed by atoms with Crippen molar-refractivity contribution in [3.63, 3.8) is 0 Å². The molecule has 162 valence electrons. The van der Waals surface area contributed by atoms with Crippen LogP contribution in [0.5, 0.6) is 0 Å². The summed E-state index contributed by atoms with van der Waals surface area (Å²) in [5.74, 6) is -0.424. The van der Waals surface area contributed by atoms with Crippen molar-refractivity contribution in [3.8, 4) is 0 Å². The summed E-state index contributed by atoms with van der Waals surface area (Å²) in [6.07, 6.45) is -1.97. The highest BCUT2D eigenvalue weighted by Crippen LogP contribution is 2.31. The van der Waals surface area contributed by atoms with Crippen molar-refractivity contribution in [1.82, 2.24) is 5.32 Å². The summed E-state index contributed by atoms with van der Waals surface area (Å²) in [5.41, 5.74) is 3.11. The highest BCUT2D eigenvalue weighted by molar-refractivity contribution is 6.37. The van der Waals surface area contributed by atoms with E-state index in [9.17, 15) is 9.59 Å². The standard InChI is InChI=1S/C24H19Cl2N3O3/c1-29-20-12-11-16(25)13-18(20)21(17-9-5-6-10-19(17)26)27-22(23(29)30)28-24(31)32-14-15-7-3-2-4-8-15/h2-13,22H,14H2,1H3,(H,28,31)/t22-/m1/s1. The van der Waals surface area contributed by atoms with Gasteiger partial charge in [-0.15, -0.1) is 0 Å². The van der Waals surface area contributed by atoms with Gasteiger partial charge in [-0.25, -0.2) is 9.79 Å². The van der Waals surface area contributed by atoms with Gasteiger partial charge in [0.25, 0.3) is 5.91 Å². The van der Waals surface area contributed by atoms with Crippen molar-refractivity contribution in [1.29, 1.82) is 0 Å². The molecule has 0 aromatic heterocycles. The number of nitrogens with one attached hydrogen (secondary N) is 1. The molecule has 3 aromatic carbocycles. The Morgan fingerprint density at radius 2 is 1.75 bits per heavy atom. The number of likely N-dealkylation sites (N-methyl/N-ethyl adjacent to an activating group) is 1. The summed E-state index contributed by atoms with van der Waals surface area (Å²) < 4.78 is 5.28. The van der Waals surface area contributed by atoms with Gasteiger partial charge in [0.05, 0.1) is 11.4 Å². The number of anilines is 1. The Hall–Kier alpha value is -3.35. The van der Waals surface area contributed by atoms with Crippen LogP contribution in [0.3, 0.4) is 0 Å². The second-order valence-electron chi connectivity index (χ2n) is 7.12. The number of hydrogen-bond donors (Lipinski definition) is 1. The fourth-order valence-electron chi connectivity index (χ4n) is 3.38. The van der Waals surface area contributed by atoms with Gasteiger partial charge in [-0.1, -0.05) is 71.7 Å². The molecule has 0 radical (unpaired) electrons. The van der Waals surface area contributed by atoms with Gasteiger partial charge in [0.15, 0.2) is 0 Å². The van der Waals surface area contributed by atoms with Gasteiger partial charge < -0.3 is 9.64 Å². The molecular weight excluding hydrogens is 449 g/mol. The summed E-state index contributed by atoms with van der Waals surface area (Å²) in [4.78, 5) is 31.6. The number of benzene rings is 3. The summed E-state index contributed by atoms with van der Waals surface area (Å²) in [6, 6.07) is 21.6. The zero-order valence-electron chi connectivity index (χ0n) is 17.1. The molecule has 0 fully saturated rings. The van der Waals surface area contributed by atoms with E-state index in [2.05, 4.69) is 10.3 Å². The van der Waals surface area contributed by atoms with Gasteiger partial charge >= 0.3 is 6.09 Å². The number of halogens is 2. The van der Waals surface area contributed by atoms with E-state index in [4.69, 9.17) is 27.9 Å². The summed E-state index contributed by atoms with van der Waals surface area (Å²) in [6.45, 7) is 0.0698. The van der Waals surface area contributed by atoms with Crippen molar-refractivity contribution in [2.75, 3.05) is 11.9 Å². The number of fused-ring (bicyclic) bond motifs is 1. The minimum atomic E-state index is -1.21. The van der Waals surface area contributed by atoms with Gasteiger partial charge in [0.1, 0.15) is 6.61 Å². The van der Waals surface area contributed by atoms with Crippen LogP contribution in [0.1, 0.15) is 16.7 Å². The van der Waals surface area contributed by atoms with Crippen LogP contribution in [0.4, 0.5) is 10.5 Å². The van der Waals surface area contributed by atoms with Crippen LogP contribution in [-0.4, -0.2) is 30.9 Å². The number of amides is 2. The largest absolute Gasteiger partial charge is 0.445 e. The molecule has 32 heavy (non-hydrogen) atoms. The molecule has 8 heteroatoms. The lowest BCUT2D eigenvalue weighted by Crippen LogP contribution is -2.46. The average molecular weight is 468 g/mol. The molecule has 1 atom stereocenters. The predicted molar refractivity (Wildman–Crippen MR) is 126 cm³/mol. The number of ether oxygens (including phenoxy) is 1.